The van der Waals surface area contributed by atoms with Gasteiger partial charge in [0.1, 0.15) is 4.83 Å². The van der Waals surface area contributed by atoms with E-state index in [-0.39, 0.29) is 29.7 Å². The number of amides is 1. The van der Waals surface area contributed by atoms with Crippen molar-refractivity contribution in [1.29, 1.82) is 0 Å². The monoisotopic (exact) mass is 423 g/mol. The zero-order valence-electron chi connectivity index (χ0n) is 17.2. The van der Waals surface area contributed by atoms with Crippen LogP contribution in [0.3, 0.4) is 0 Å². The Balaban J connectivity index is 1.51. The Morgan fingerprint density at radius 2 is 1.90 bits per heavy atom. The van der Waals surface area contributed by atoms with E-state index in [1.54, 1.807) is 35.6 Å². The number of rotatable bonds is 6. The van der Waals surface area contributed by atoms with Gasteiger partial charge in [0, 0.05) is 22.5 Å². The lowest BCUT2D eigenvalue weighted by Crippen LogP contribution is -2.25. The molecule has 6 nitrogen and oxygen atoms in total. The van der Waals surface area contributed by atoms with Crippen molar-refractivity contribution in [2.45, 2.75) is 52.5 Å². The summed E-state index contributed by atoms with van der Waals surface area (Å²) in [7, 11) is 0. The highest BCUT2D eigenvalue weighted by atomic mass is 32.1. The number of carbonyl (C=O) groups is 2. The van der Waals surface area contributed by atoms with Crippen LogP contribution in [-0.2, 0) is 24.2 Å². The number of benzene rings is 1. The van der Waals surface area contributed by atoms with Crippen LogP contribution in [-0.4, -0.2) is 21.2 Å². The number of aryl methyl sites for hydroxylation is 2. The van der Waals surface area contributed by atoms with Crippen LogP contribution < -0.4 is 10.9 Å². The molecule has 0 saturated heterocycles. The van der Waals surface area contributed by atoms with Crippen molar-refractivity contribution in [2.75, 3.05) is 5.32 Å². The fourth-order valence-electron chi connectivity index (χ4n) is 3.86. The maximum atomic E-state index is 13.0. The quantitative estimate of drug-likeness (QED) is 0.603. The smallest absolute Gasteiger partial charge is 0.262 e. The lowest BCUT2D eigenvalue weighted by Gasteiger charge is -2.10. The third-order valence-corrected chi connectivity index (χ3v) is 6.54. The van der Waals surface area contributed by atoms with E-state index in [0.29, 0.717) is 23.1 Å². The van der Waals surface area contributed by atoms with E-state index in [0.717, 1.165) is 36.1 Å². The van der Waals surface area contributed by atoms with E-state index in [1.165, 1.54) is 15.8 Å². The van der Waals surface area contributed by atoms with Gasteiger partial charge in [0.05, 0.1) is 18.3 Å². The molecule has 0 spiro atoms. The largest absolute Gasteiger partial charge is 0.326 e. The van der Waals surface area contributed by atoms with Crippen molar-refractivity contribution in [2.24, 2.45) is 5.92 Å². The summed E-state index contributed by atoms with van der Waals surface area (Å²) in [5.41, 5.74) is 2.14. The van der Waals surface area contributed by atoms with Gasteiger partial charge >= 0.3 is 0 Å². The molecule has 156 valence electrons. The molecule has 1 aliphatic rings. The number of Topliss-reactive ketones (excluding diaryl/α,β-unsaturated/α-hetero) is 1. The maximum Gasteiger partial charge on any atom is 0.262 e. The Morgan fingerprint density at radius 3 is 2.63 bits per heavy atom. The van der Waals surface area contributed by atoms with Gasteiger partial charge in [0.15, 0.2) is 5.78 Å². The van der Waals surface area contributed by atoms with Crippen molar-refractivity contribution < 1.29 is 9.59 Å². The van der Waals surface area contributed by atoms with Crippen molar-refractivity contribution >= 4 is 38.9 Å². The number of aromatic nitrogens is 2. The Hall–Kier alpha value is -2.80. The molecule has 0 bridgehead atoms. The fourth-order valence-corrected chi connectivity index (χ4v) is 5.08. The molecule has 0 aliphatic heterocycles. The summed E-state index contributed by atoms with van der Waals surface area (Å²) >= 11 is 1.60. The number of hydrogen-bond acceptors (Lipinski definition) is 5. The molecule has 3 aromatic rings. The SMILES string of the molecule is CC(C)CC(=O)Nc1ccc(C(=O)Cn2cnc3sc4c(c3c2=O)CCCC4)cc1. The van der Waals surface area contributed by atoms with E-state index in [2.05, 4.69) is 10.3 Å². The molecule has 1 aliphatic carbocycles. The third-order valence-electron chi connectivity index (χ3n) is 5.34. The molecule has 0 unspecified atom stereocenters. The standard InChI is InChI=1S/C23H25N3O3S/c1-14(2)11-20(28)25-16-9-7-15(8-10-16)18(27)12-26-13-24-22-21(23(26)29)17-5-3-4-6-19(17)30-22/h7-10,13-14H,3-6,11-12H2,1-2H3,(H,25,28). The summed E-state index contributed by atoms with van der Waals surface area (Å²) in [6.07, 6.45) is 6.09. The van der Waals surface area contributed by atoms with Crippen LogP contribution in [0.5, 0.6) is 0 Å². The van der Waals surface area contributed by atoms with Crippen LogP contribution in [0.1, 0.15) is 53.9 Å². The summed E-state index contributed by atoms with van der Waals surface area (Å²) < 4.78 is 1.41. The summed E-state index contributed by atoms with van der Waals surface area (Å²) in [6, 6.07) is 6.78. The molecule has 7 heteroatoms. The minimum atomic E-state index is -0.164. The van der Waals surface area contributed by atoms with E-state index in [1.807, 2.05) is 13.8 Å². The van der Waals surface area contributed by atoms with Gasteiger partial charge in [-0.1, -0.05) is 13.8 Å². The van der Waals surface area contributed by atoms with Gasteiger partial charge in [-0.2, -0.15) is 0 Å². The highest BCUT2D eigenvalue weighted by Gasteiger charge is 2.20. The van der Waals surface area contributed by atoms with Crippen LogP contribution in [0.4, 0.5) is 5.69 Å². The highest BCUT2D eigenvalue weighted by molar-refractivity contribution is 7.18. The van der Waals surface area contributed by atoms with Crippen LogP contribution in [0.25, 0.3) is 10.2 Å². The highest BCUT2D eigenvalue weighted by Crippen LogP contribution is 2.33. The first-order chi connectivity index (χ1) is 14.4. The first-order valence-electron chi connectivity index (χ1n) is 10.3. The molecule has 1 aromatic carbocycles. The van der Waals surface area contributed by atoms with Crippen LogP contribution in [0.15, 0.2) is 35.4 Å². The van der Waals surface area contributed by atoms with Crippen molar-refractivity contribution in [3.63, 3.8) is 0 Å². The van der Waals surface area contributed by atoms with Crippen molar-refractivity contribution in [3.8, 4) is 0 Å². The summed E-state index contributed by atoms with van der Waals surface area (Å²) in [5, 5.41) is 3.52. The normalized spacial score (nSPS) is 13.4. The Kier molecular flexibility index (Phi) is 5.81. The fraction of sp³-hybridized carbons (Fsp3) is 0.391. The molecule has 0 radical (unpaired) electrons. The molecule has 1 N–H and O–H groups in total. The number of thiophene rings is 1. The summed E-state index contributed by atoms with van der Waals surface area (Å²) in [4.78, 5) is 44.1. The minimum Gasteiger partial charge on any atom is -0.326 e. The number of fused-ring (bicyclic) bond motifs is 3. The molecule has 1 amide bonds. The van der Waals surface area contributed by atoms with Crippen molar-refractivity contribution in [1.82, 2.24) is 9.55 Å². The van der Waals surface area contributed by atoms with Gasteiger partial charge in [-0.05, 0) is 61.4 Å². The first-order valence-corrected chi connectivity index (χ1v) is 11.2. The number of nitrogens with zero attached hydrogens (tertiary/aromatic N) is 2. The van der Waals surface area contributed by atoms with Gasteiger partial charge in [0.2, 0.25) is 5.91 Å². The number of ketones is 1. The molecule has 0 atom stereocenters. The van der Waals surface area contributed by atoms with Crippen LogP contribution >= 0.6 is 11.3 Å². The van der Waals surface area contributed by atoms with Gasteiger partial charge in [0.25, 0.3) is 5.56 Å². The molecule has 2 aromatic heterocycles. The predicted molar refractivity (Wildman–Crippen MR) is 119 cm³/mol. The Labute approximate surface area is 179 Å². The molecule has 0 saturated carbocycles. The zero-order chi connectivity index (χ0) is 21.3. The van der Waals surface area contributed by atoms with Gasteiger partial charge < -0.3 is 5.32 Å². The Bertz CT molecular complexity index is 1160. The molecule has 30 heavy (non-hydrogen) atoms. The number of hydrogen-bond donors (Lipinski definition) is 1. The molecular formula is C23H25N3O3S. The van der Waals surface area contributed by atoms with Crippen LogP contribution in [0, 0.1) is 5.92 Å². The minimum absolute atomic E-state index is 0.0471. The zero-order valence-corrected chi connectivity index (χ0v) is 18.1. The predicted octanol–water partition coefficient (Wildman–Crippen LogP) is 4.20. The second kappa shape index (κ2) is 8.52. The average molecular weight is 424 g/mol. The van der Waals surface area contributed by atoms with Crippen molar-refractivity contribution in [3.05, 3.63) is 57.0 Å². The number of anilines is 1. The second-order valence-corrected chi connectivity index (χ2v) is 9.30. The molecule has 4 rings (SSSR count). The average Bonchev–Trinajstić information content (AvgIpc) is 3.09. The maximum absolute atomic E-state index is 13.0. The number of carbonyl (C=O) groups excluding carboxylic acids is 2. The molecule has 2 heterocycles. The lowest BCUT2D eigenvalue weighted by molar-refractivity contribution is -0.116. The number of nitrogens with one attached hydrogen (secondary N) is 1. The molecule has 0 fully saturated rings. The summed E-state index contributed by atoms with van der Waals surface area (Å²) in [5.74, 6) is 0.0699. The van der Waals surface area contributed by atoms with Crippen LogP contribution in [0.2, 0.25) is 0 Å². The second-order valence-electron chi connectivity index (χ2n) is 8.22. The molecular weight excluding hydrogens is 398 g/mol. The third kappa shape index (κ3) is 4.21. The first kappa shape index (κ1) is 20.5. The van der Waals surface area contributed by atoms with E-state index < -0.39 is 0 Å². The Morgan fingerprint density at radius 1 is 1.17 bits per heavy atom. The van der Waals surface area contributed by atoms with Gasteiger partial charge in [-0.25, -0.2) is 4.98 Å². The van der Waals surface area contributed by atoms with Gasteiger partial charge in [-0.15, -0.1) is 11.3 Å². The van der Waals surface area contributed by atoms with E-state index in [9.17, 15) is 14.4 Å². The van der Waals surface area contributed by atoms with E-state index >= 15 is 0 Å². The van der Waals surface area contributed by atoms with Gasteiger partial charge in [-0.3, -0.25) is 19.0 Å². The van der Waals surface area contributed by atoms with E-state index in [4.69, 9.17) is 0 Å². The topological polar surface area (TPSA) is 81.1 Å². The lowest BCUT2D eigenvalue weighted by atomic mass is 9.97. The summed E-state index contributed by atoms with van der Waals surface area (Å²) in [6.45, 7) is 3.92.